The van der Waals surface area contributed by atoms with E-state index in [9.17, 15) is 0 Å². The molecule has 0 heterocycles. The summed E-state index contributed by atoms with van der Waals surface area (Å²) < 4.78 is 0. The second-order valence-corrected chi connectivity index (χ2v) is 4.48. The third kappa shape index (κ3) is 0.758. The van der Waals surface area contributed by atoms with Gasteiger partial charge >= 0.3 is 0 Å². The lowest BCUT2D eigenvalue weighted by atomic mass is 9.77. The van der Waals surface area contributed by atoms with Gasteiger partial charge in [0.05, 0.1) is 0 Å². The van der Waals surface area contributed by atoms with Crippen LogP contribution in [0.3, 0.4) is 0 Å². The van der Waals surface area contributed by atoms with E-state index in [0.717, 1.165) is 11.8 Å². The van der Waals surface area contributed by atoms with Crippen molar-refractivity contribution in [1.82, 2.24) is 0 Å². The van der Waals surface area contributed by atoms with Gasteiger partial charge in [-0.1, -0.05) is 17.6 Å². The van der Waals surface area contributed by atoms with Crippen LogP contribution in [-0.2, 0) is 0 Å². The van der Waals surface area contributed by atoms with Crippen molar-refractivity contribution >= 4 is 0 Å². The predicted octanol–water partition coefficient (Wildman–Crippen LogP) is 3.29. The first-order valence-electron chi connectivity index (χ1n) is 5.16. The second-order valence-electron chi connectivity index (χ2n) is 4.48. The first-order valence-corrected chi connectivity index (χ1v) is 5.16. The van der Waals surface area contributed by atoms with Crippen molar-refractivity contribution in [3.63, 3.8) is 0 Å². The number of rotatable bonds is 0. The van der Waals surface area contributed by atoms with Gasteiger partial charge in [0.1, 0.15) is 0 Å². The molecule has 2 atom stereocenters. The van der Waals surface area contributed by atoms with Crippen LogP contribution >= 0.6 is 0 Å². The zero-order valence-corrected chi connectivity index (χ0v) is 7.10. The molecule has 0 spiro atoms. The first-order chi connectivity index (χ1) is 5.45. The molecule has 0 radical (unpaired) electrons. The molecule has 0 amide bonds. The van der Waals surface area contributed by atoms with E-state index >= 15 is 0 Å². The lowest BCUT2D eigenvalue weighted by Gasteiger charge is -2.28. The van der Waals surface area contributed by atoms with E-state index in [1.807, 2.05) is 11.1 Å². The molecule has 60 valence electrons. The average Bonchev–Trinajstić information content (AvgIpc) is 2.64. The molecule has 0 aliphatic heterocycles. The molecule has 11 heavy (non-hydrogen) atoms. The van der Waals surface area contributed by atoms with E-state index in [4.69, 9.17) is 0 Å². The summed E-state index contributed by atoms with van der Waals surface area (Å²) >= 11 is 0. The zero-order valence-electron chi connectivity index (χ0n) is 7.10. The van der Waals surface area contributed by atoms with Crippen LogP contribution in [0.15, 0.2) is 11.1 Å². The van der Waals surface area contributed by atoms with E-state index in [2.05, 4.69) is 0 Å². The minimum absolute atomic E-state index is 1.08. The number of hydrogen-bond acceptors (Lipinski definition) is 0. The van der Waals surface area contributed by atoms with Gasteiger partial charge in [-0.25, -0.2) is 0 Å². The molecule has 0 N–H and O–H groups in total. The van der Waals surface area contributed by atoms with Gasteiger partial charge in [-0.2, -0.15) is 0 Å². The summed E-state index contributed by atoms with van der Waals surface area (Å²) in [6, 6.07) is 0. The third-order valence-corrected chi connectivity index (χ3v) is 4.01. The van der Waals surface area contributed by atoms with Crippen LogP contribution in [0.25, 0.3) is 0 Å². The van der Waals surface area contributed by atoms with Crippen LogP contribution < -0.4 is 0 Å². The minimum Gasteiger partial charge on any atom is -0.0704 e. The maximum absolute atomic E-state index is 1.92. The fourth-order valence-electron chi connectivity index (χ4n) is 3.51. The van der Waals surface area contributed by atoms with Gasteiger partial charge < -0.3 is 0 Å². The van der Waals surface area contributed by atoms with Crippen LogP contribution in [0.1, 0.15) is 44.9 Å². The molecule has 0 nitrogen and oxygen atoms in total. The van der Waals surface area contributed by atoms with Crippen LogP contribution in [0.4, 0.5) is 0 Å². The standard InChI is InChI=1S/C11H16/c1-2-4-11-9-6-5-8(7-9)10(11)3-1/h8,10H,1-7H2. The summed E-state index contributed by atoms with van der Waals surface area (Å²) in [5.74, 6) is 2.19. The molecular weight excluding hydrogens is 132 g/mol. The van der Waals surface area contributed by atoms with E-state index < -0.39 is 0 Å². The quantitative estimate of drug-likeness (QED) is 0.462. The largest absolute Gasteiger partial charge is 0.0704 e. The zero-order chi connectivity index (χ0) is 7.26. The lowest BCUT2D eigenvalue weighted by molar-refractivity contribution is 0.336. The minimum atomic E-state index is 1.08. The fraction of sp³-hybridized carbons (Fsp3) is 0.818. The Balaban J connectivity index is 1.99. The predicted molar refractivity (Wildman–Crippen MR) is 46.3 cm³/mol. The highest BCUT2D eigenvalue weighted by Gasteiger charge is 2.39. The number of hydrogen-bond donors (Lipinski definition) is 0. The highest BCUT2D eigenvalue weighted by atomic mass is 14.4. The molecule has 2 bridgehead atoms. The number of allylic oxidation sites excluding steroid dienone is 2. The van der Waals surface area contributed by atoms with Gasteiger partial charge in [-0.05, 0) is 50.4 Å². The molecule has 0 aromatic carbocycles. The molecule has 3 aliphatic rings. The maximum Gasteiger partial charge on any atom is -0.0169 e. The van der Waals surface area contributed by atoms with Crippen LogP contribution in [-0.4, -0.2) is 0 Å². The average molecular weight is 148 g/mol. The van der Waals surface area contributed by atoms with E-state index in [1.165, 1.54) is 44.9 Å². The van der Waals surface area contributed by atoms with Crippen molar-refractivity contribution in [2.45, 2.75) is 44.9 Å². The first kappa shape index (κ1) is 6.28. The van der Waals surface area contributed by atoms with Crippen molar-refractivity contribution < 1.29 is 0 Å². The Morgan fingerprint density at radius 1 is 1.00 bits per heavy atom. The molecule has 2 fully saturated rings. The molecule has 0 aromatic heterocycles. The normalized spacial score (nSPS) is 41.5. The molecule has 0 heteroatoms. The van der Waals surface area contributed by atoms with Crippen molar-refractivity contribution in [1.29, 1.82) is 0 Å². The molecule has 0 saturated heterocycles. The Labute approximate surface area is 68.7 Å². The molecular formula is C11H16. The summed E-state index contributed by atoms with van der Waals surface area (Å²) in [4.78, 5) is 0. The van der Waals surface area contributed by atoms with Crippen LogP contribution in [0, 0.1) is 11.8 Å². The Kier molecular flexibility index (Phi) is 1.21. The summed E-state index contributed by atoms with van der Waals surface area (Å²) in [6.07, 6.45) is 10.5. The van der Waals surface area contributed by atoms with Gasteiger partial charge in [0.15, 0.2) is 0 Å². The van der Waals surface area contributed by atoms with Crippen molar-refractivity contribution in [2.24, 2.45) is 11.8 Å². The van der Waals surface area contributed by atoms with E-state index in [0.29, 0.717) is 0 Å². The fourth-order valence-corrected chi connectivity index (χ4v) is 3.51. The molecule has 2 unspecified atom stereocenters. The summed E-state index contributed by atoms with van der Waals surface area (Å²) in [6.45, 7) is 0. The maximum atomic E-state index is 1.92. The SMILES string of the molecule is C1CCC2C(=C3CCC2C3)C1. The summed E-state index contributed by atoms with van der Waals surface area (Å²) in [5.41, 5.74) is 3.81. The topological polar surface area (TPSA) is 0 Å². The molecule has 2 saturated carbocycles. The lowest BCUT2D eigenvalue weighted by Crippen LogP contribution is -2.16. The smallest absolute Gasteiger partial charge is 0.0169 e. The molecule has 0 aromatic rings. The van der Waals surface area contributed by atoms with Crippen molar-refractivity contribution in [3.8, 4) is 0 Å². The van der Waals surface area contributed by atoms with Crippen LogP contribution in [0.5, 0.6) is 0 Å². The van der Waals surface area contributed by atoms with Crippen molar-refractivity contribution in [2.75, 3.05) is 0 Å². The van der Waals surface area contributed by atoms with Gasteiger partial charge in [0, 0.05) is 0 Å². The number of fused-ring (bicyclic) bond motifs is 4. The van der Waals surface area contributed by atoms with Gasteiger partial charge in [0.2, 0.25) is 0 Å². The van der Waals surface area contributed by atoms with Crippen LogP contribution in [0.2, 0.25) is 0 Å². The molecule has 3 aliphatic carbocycles. The third-order valence-electron chi connectivity index (χ3n) is 4.01. The van der Waals surface area contributed by atoms with Crippen molar-refractivity contribution in [3.05, 3.63) is 11.1 Å². The Morgan fingerprint density at radius 3 is 2.91 bits per heavy atom. The molecule has 3 rings (SSSR count). The van der Waals surface area contributed by atoms with E-state index in [1.54, 1.807) is 0 Å². The van der Waals surface area contributed by atoms with Gasteiger partial charge in [-0.3, -0.25) is 0 Å². The Hall–Kier alpha value is -0.260. The Morgan fingerprint density at radius 2 is 2.00 bits per heavy atom. The van der Waals surface area contributed by atoms with Gasteiger partial charge in [-0.15, -0.1) is 0 Å². The summed E-state index contributed by atoms with van der Waals surface area (Å²) in [7, 11) is 0. The highest BCUT2D eigenvalue weighted by molar-refractivity contribution is 5.30. The van der Waals surface area contributed by atoms with Gasteiger partial charge in [0.25, 0.3) is 0 Å². The summed E-state index contributed by atoms with van der Waals surface area (Å²) in [5, 5.41) is 0. The Bertz CT molecular complexity index is 212. The highest BCUT2D eigenvalue weighted by Crippen LogP contribution is 2.53. The monoisotopic (exact) mass is 148 g/mol. The van der Waals surface area contributed by atoms with E-state index in [-0.39, 0.29) is 0 Å². The second kappa shape index (κ2) is 2.12.